The Bertz CT molecular complexity index is 686. The Kier molecular flexibility index (Phi) is 3.34. The number of rotatable bonds is 2. The quantitative estimate of drug-likeness (QED) is 0.848. The average Bonchev–Trinajstić information content (AvgIpc) is 2.90. The molecule has 2 aromatic rings. The van der Waals surface area contributed by atoms with Gasteiger partial charge >= 0.3 is 0 Å². The molecule has 0 aromatic carbocycles. The van der Waals surface area contributed by atoms with Crippen LogP contribution in [0.5, 0.6) is 0 Å². The van der Waals surface area contributed by atoms with Crippen LogP contribution in [0.3, 0.4) is 0 Å². The molecule has 118 valence electrons. The summed E-state index contributed by atoms with van der Waals surface area (Å²) < 4.78 is 28.0. The lowest BCUT2D eigenvalue weighted by Crippen LogP contribution is -2.60. The monoisotopic (exact) mass is 326 g/mol. The van der Waals surface area contributed by atoms with E-state index in [1.807, 2.05) is 15.5 Å². The van der Waals surface area contributed by atoms with Crippen LogP contribution in [-0.4, -0.2) is 44.3 Å². The first-order chi connectivity index (χ1) is 10.5. The lowest BCUT2D eigenvalue weighted by molar-refractivity contribution is -0.150. The van der Waals surface area contributed by atoms with E-state index in [1.165, 1.54) is 0 Å². The Hall–Kier alpha value is -1.27. The predicted molar refractivity (Wildman–Crippen MR) is 79.5 cm³/mol. The third-order valence-electron chi connectivity index (χ3n) is 4.89. The van der Waals surface area contributed by atoms with Gasteiger partial charge in [0.25, 0.3) is 5.92 Å². The Balaban J connectivity index is 1.46. The van der Waals surface area contributed by atoms with Crippen molar-refractivity contribution in [1.29, 1.82) is 0 Å². The van der Waals surface area contributed by atoms with Crippen molar-refractivity contribution in [3.05, 3.63) is 29.6 Å². The molecule has 0 N–H and O–H groups in total. The maximum absolute atomic E-state index is 13.0. The summed E-state index contributed by atoms with van der Waals surface area (Å²) in [4.78, 5) is 10.5. The summed E-state index contributed by atoms with van der Waals surface area (Å²) in [5, 5.41) is 0.456. The molecule has 1 saturated carbocycles. The molecule has 0 bridgehead atoms. The molecule has 0 amide bonds. The molecule has 4 rings (SSSR count). The third kappa shape index (κ3) is 2.38. The molecule has 3 heterocycles. The number of halogens is 3. The van der Waals surface area contributed by atoms with Crippen LogP contribution in [0.25, 0.3) is 5.52 Å². The van der Waals surface area contributed by atoms with Crippen LogP contribution < -0.4 is 0 Å². The highest BCUT2D eigenvalue weighted by molar-refractivity contribution is 6.32. The molecule has 1 aliphatic heterocycles. The summed E-state index contributed by atoms with van der Waals surface area (Å²) in [5.74, 6) is -1.11. The summed E-state index contributed by atoms with van der Waals surface area (Å²) in [6, 6.07) is 0.298. The summed E-state index contributed by atoms with van der Waals surface area (Å²) in [6.07, 6.45) is 9.17. The van der Waals surface area contributed by atoms with Gasteiger partial charge in [-0.2, -0.15) is 0 Å². The fourth-order valence-electron chi connectivity index (χ4n) is 3.72. The zero-order chi connectivity index (χ0) is 15.3. The molecule has 1 saturated heterocycles. The second kappa shape index (κ2) is 5.13. The topological polar surface area (TPSA) is 33.4 Å². The summed E-state index contributed by atoms with van der Waals surface area (Å²) in [6.45, 7) is -0.147. The van der Waals surface area contributed by atoms with Crippen LogP contribution in [0, 0.1) is 0 Å². The van der Waals surface area contributed by atoms with Gasteiger partial charge in [0.15, 0.2) is 5.15 Å². The normalized spacial score (nSPS) is 28.7. The van der Waals surface area contributed by atoms with Gasteiger partial charge in [0.1, 0.15) is 11.3 Å². The van der Waals surface area contributed by atoms with E-state index in [9.17, 15) is 8.78 Å². The van der Waals surface area contributed by atoms with E-state index >= 15 is 0 Å². The minimum atomic E-state index is -2.47. The molecule has 4 nitrogen and oxygen atoms in total. The standard InChI is InChI=1S/C15H17ClF2N4/c16-13-12-7-20-14(22(12)6-5-19-13)10-1-3-11(4-2-10)21-8-15(17,18)9-21/h5-7,10-11H,1-4,8-9H2. The van der Waals surface area contributed by atoms with E-state index < -0.39 is 5.92 Å². The number of alkyl halides is 2. The number of hydrogen-bond acceptors (Lipinski definition) is 3. The van der Waals surface area contributed by atoms with Gasteiger partial charge < -0.3 is 0 Å². The van der Waals surface area contributed by atoms with Crippen LogP contribution in [-0.2, 0) is 0 Å². The largest absolute Gasteiger partial charge is 0.299 e. The third-order valence-corrected chi connectivity index (χ3v) is 5.18. The molecule has 0 radical (unpaired) electrons. The molecule has 0 spiro atoms. The second-order valence-electron chi connectivity index (χ2n) is 6.36. The molecular weight excluding hydrogens is 310 g/mol. The van der Waals surface area contributed by atoms with Crippen molar-refractivity contribution in [2.75, 3.05) is 13.1 Å². The minimum absolute atomic E-state index is 0.0735. The maximum Gasteiger partial charge on any atom is 0.272 e. The first-order valence-electron chi connectivity index (χ1n) is 7.63. The Morgan fingerprint density at radius 3 is 2.55 bits per heavy atom. The number of fused-ring (bicyclic) bond motifs is 1. The highest BCUT2D eigenvalue weighted by atomic mass is 35.5. The lowest BCUT2D eigenvalue weighted by Gasteiger charge is -2.46. The van der Waals surface area contributed by atoms with Crippen LogP contribution in [0.15, 0.2) is 18.6 Å². The van der Waals surface area contributed by atoms with E-state index in [4.69, 9.17) is 11.6 Å². The van der Waals surface area contributed by atoms with Gasteiger partial charge in [-0.25, -0.2) is 18.7 Å². The number of aromatic nitrogens is 3. The van der Waals surface area contributed by atoms with Gasteiger partial charge in [0.2, 0.25) is 0 Å². The second-order valence-corrected chi connectivity index (χ2v) is 6.71. The minimum Gasteiger partial charge on any atom is -0.299 e. The molecular formula is C15H17ClF2N4. The molecule has 2 aromatic heterocycles. The Morgan fingerprint density at radius 1 is 1.14 bits per heavy atom. The Morgan fingerprint density at radius 2 is 1.86 bits per heavy atom. The van der Waals surface area contributed by atoms with Gasteiger partial charge in [-0.3, -0.25) is 9.30 Å². The molecule has 7 heteroatoms. The lowest BCUT2D eigenvalue weighted by atomic mass is 9.83. The Labute approximate surface area is 132 Å². The van der Waals surface area contributed by atoms with Gasteiger partial charge in [0, 0.05) is 24.4 Å². The smallest absolute Gasteiger partial charge is 0.272 e. The zero-order valence-corrected chi connectivity index (χ0v) is 12.8. The van der Waals surface area contributed by atoms with E-state index in [-0.39, 0.29) is 13.1 Å². The molecule has 22 heavy (non-hydrogen) atoms. The van der Waals surface area contributed by atoms with Gasteiger partial charge in [0.05, 0.1) is 19.3 Å². The summed E-state index contributed by atoms with van der Waals surface area (Å²) >= 11 is 6.08. The summed E-state index contributed by atoms with van der Waals surface area (Å²) in [7, 11) is 0. The number of likely N-dealkylation sites (tertiary alicyclic amines) is 1. The fourth-order valence-corrected chi connectivity index (χ4v) is 3.92. The van der Waals surface area contributed by atoms with Gasteiger partial charge in [-0.15, -0.1) is 0 Å². The van der Waals surface area contributed by atoms with Crippen molar-refractivity contribution >= 4 is 17.1 Å². The van der Waals surface area contributed by atoms with Crippen LogP contribution in [0.2, 0.25) is 5.15 Å². The summed E-state index contributed by atoms with van der Waals surface area (Å²) in [5.41, 5.74) is 0.823. The van der Waals surface area contributed by atoms with Crippen molar-refractivity contribution in [3.8, 4) is 0 Å². The fraction of sp³-hybridized carbons (Fsp3) is 0.600. The highest BCUT2D eigenvalue weighted by Crippen LogP contribution is 2.38. The van der Waals surface area contributed by atoms with Crippen LogP contribution >= 0.6 is 11.6 Å². The molecule has 1 aliphatic carbocycles. The van der Waals surface area contributed by atoms with Crippen molar-refractivity contribution in [2.24, 2.45) is 0 Å². The van der Waals surface area contributed by atoms with E-state index in [0.717, 1.165) is 37.0 Å². The van der Waals surface area contributed by atoms with Crippen molar-refractivity contribution < 1.29 is 8.78 Å². The van der Waals surface area contributed by atoms with Crippen molar-refractivity contribution in [1.82, 2.24) is 19.3 Å². The van der Waals surface area contributed by atoms with E-state index in [0.29, 0.717) is 17.1 Å². The van der Waals surface area contributed by atoms with Crippen molar-refractivity contribution in [2.45, 2.75) is 43.6 Å². The SMILES string of the molecule is FC1(F)CN(C2CCC(c3ncc4c(Cl)nccn34)CC2)C1. The van der Waals surface area contributed by atoms with Crippen molar-refractivity contribution in [3.63, 3.8) is 0 Å². The first-order valence-corrected chi connectivity index (χ1v) is 8.01. The van der Waals surface area contributed by atoms with Crippen LogP contribution in [0.4, 0.5) is 8.78 Å². The number of imidazole rings is 1. The predicted octanol–water partition coefficient (Wildman–Crippen LogP) is 3.36. The van der Waals surface area contributed by atoms with Gasteiger partial charge in [-0.1, -0.05) is 11.6 Å². The molecule has 0 atom stereocenters. The van der Waals surface area contributed by atoms with Crippen LogP contribution in [0.1, 0.15) is 37.4 Å². The number of hydrogen-bond donors (Lipinski definition) is 0. The highest BCUT2D eigenvalue weighted by Gasteiger charge is 2.47. The average molecular weight is 327 g/mol. The van der Waals surface area contributed by atoms with Gasteiger partial charge in [-0.05, 0) is 25.7 Å². The molecule has 0 unspecified atom stereocenters. The van der Waals surface area contributed by atoms with E-state index in [2.05, 4.69) is 9.97 Å². The number of nitrogens with zero attached hydrogens (tertiary/aromatic N) is 4. The first kappa shape index (κ1) is 14.3. The zero-order valence-electron chi connectivity index (χ0n) is 12.1. The molecule has 2 aliphatic rings. The van der Waals surface area contributed by atoms with E-state index in [1.54, 1.807) is 12.4 Å². The maximum atomic E-state index is 13.0. The molecule has 2 fully saturated rings.